The Labute approximate surface area is 66.6 Å². The Morgan fingerprint density at radius 2 is 2.27 bits per heavy atom. The Balaban J connectivity index is 3.91. The third kappa shape index (κ3) is 4.15. The van der Waals surface area contributed by atoms with E-state index in [2.05, 4.69) is 4.52 Å². The monoisotopic (exact) mass is 177 g/mol. The molecule has 1 unspecified atom stereocenters. The molecule has 0 aromatic rings. The van der Waals surface area contributed by atoms with Crippen molar-refractivity contribution in [3.8, 4) is 6.07 Å². The predicted molar refractivity (Wildman–Crippen MR) is 41.3 cm³/mol. The van der Waals surface area contributed by atoms with Gasteiger partial charge in [-0.1, -0.05) is 0 Å². The molecule has 0 rings (SSSR count). The molecule has 0 radical (unpaired) electrons. The minimum atomic E-state index is -2.94. The first kappa shape index (κ1) is 10.6. The van der Waals surface area contributed by atoms with Crippen LogP contribution in [0.3, 0.4) is 0 Å². The fourth-order valence-corrected chi connectivity index (χ4v) is 1.78. The molecule has 0 bridgehead atoms. The number of nitriles is 1. The van der Waals surface area contributed by atoms with E-state index in [1.54, 1.807) is 6.92 Å². The first-order valence-corrected chi connectivity index (χ1v) is 5.07. The van der Waals surface area contributed by atoms with Crippen LogP contribution in [0.15, 0.2) is 0 Å². The van der Waals surface area contributed by atoms with Gasteiger partial charge in [-0.3, -0.25) is 4.57 Å². The molecule has 1 atom stereocenters. The minimum absolute atomic E-state index is 0.174. The van der Waals surface area contributed by atoms with Crippen LogP contribution in [0.1, 0.15) is 13.3 Å². The topological polar surface area (TPSA) is 59.3 Å². The molecule has 4 nitrogen and oxygen atoms in total. The lowest BCUT2D eigenvalue weighted by Gasteiger charge is -2.12. The molecule has 0 heterocycles. The molecule has 0 saturated heterocycles. The maximum absolute atomic E-state index is 11.3. The van der Waals surface area contributed by atoms with Crippen LogP contribution in [0.25, 0.3) is 0 Å². The Kier molecular flexibility index (Phi) is 5.14. The van der Waals surface area contributed by atoms with Crippen molar-refractivity contribution in [2.45, 2.75) is 13.3 Å². The average Bonchev–Trinajstić information content (AvgIpc) is 2.02. The van der Waals surface area contributed by atoms with E-state index in [0.29, 0.717) is 6.61 Å². The summed E-state index contributed by atoms with van der Waals surface area (Å²) in [7, 11) is -1.61. The fraction of sp³-hybridized carbons (Fsp3) is 0.833. The maximum atomic E-state index is 11.3. The van der Waals surface area contributed by atoms with Gasteiger partial charge in [0.05, 0.1) is 18.8 Å². The van der Waals surface area contributed by atoms with Crippen molar-refractivity contribution in [2.24, 2.45) is 0 Å². The molecule has 0 fully saturated rings. The van der Waals surface area contributed by atoms with Crippen molar-refractivity contribution in [3.05, 3.63) is 0 Å². The zero-order valence-corrected chi connectivity index (χ0v) is 7.63. The van der Waals surface area contributed by atoms with Gasteiger partial charge in [-0.25, -0.2) is 0 Å². The molecule has 0 aromatic carbocycles. The van der Waals surface area contributed by atoms with E-state index in [1.807, 2.05) is 6.07 Å². The first-order chi connectivity index (χ1) is 5.18. The van der Waals surface area contributed by atoms with Crippen LogP contribution >= 0.6 is 7.60 Å². The lowest BCUT2D eigenvalue weighted by Crippen LogP contribution is -1.96. The van der Waals surface area contributed by atoms with Gasteiger partial charge in [-0.15, -0.1) is 0 Å². The van der Waals surface area contributed by atoms with Crippen LogP contribution in [0.2, 0.25) is 0 Å². The Morgan fingerprint density at radius 3 is 2.64 bits per heavy atom. The molecular weight excluding hydrogens is 165 g/mol. The fourth-order valence-electron chi connectivity index (χ4n) is 0.592. The quantitative estimate of drug-likeness (QED) is 0.600. The second-order valence-corrected chi connectivity index (χ2v) is 4.14. The van der Waals surface area contributed by atoms with E-state index >= 15 is 0 Å². The maximum Gasteiger partial charge on any atom is 0.331 e. The molecule has 0 aliphatic rings. The predicted octanol–water partition coefficient (Wildman–Crippen LogP) is 1.78. The van der Waals surface area contributed by atoms with Gasteiger partial charge < -0.3 is 9.05 Å². The summed E-state index contributed by atoms with van der Waals surface area (Å²) in [6.07, 6.45) is 0.374. The molecular formula is C6H12NO3P. The van der Waals surface area contributed by atoms with E-state index < -0.39 is 7.60 Å². The van der Waals surface area contributed by atoms with Crippen molar-refractivity contribution in [3.63, 3.8) is 0 Å². The largest absolute Gasteiger partial charge is 0.331 e. The van der Waals surface area contributed by atoms with Crippen LogP contribution in [-0.4, -0.2) is 19.9 Å². The molecule has 0 aliphatic heterocycles. The van der Waals surface area contributed by atoms with Gasteiger partial charge in [0.15, 0.2) is 0 Å². The number of nitrogens with zero attached hydrogens (tertiary/aromatic N) is 1. The SMILES string of the molecule is CCOP(=O)(CCC#N)OC. The summed E-state index contributed by atoms with van der Waals surface area (Å²) < 4.78 is 20.9. The van der Waals surface area contributed by atoms with Crippen LogP contribution in [-0.2, 0) is 13.6 Å². The molecule has 11 heavy (non-hydrogen) atoms. The van der Waals surface area contributed by atoms with Gasteiger partial charge in [0, 0.05) is 13.5 Å². The molecule has 0 amide bonds. The zero-order chi connectivity index (χ0) is 8.74. The van der Waals surface area contributed by atoms with Gasteiger partial charge in [-0.2, -0.15) is 5.26 Å². The van der Waals surface area contributed by atoms with Crippen molar-refractivity contribution in [2.75, 3.05) is 19.9 Å². The normalized spacial score (nSPS) is 15.4. The highest BCUT2D eigenvalue weighted by Crippen LogP contribution is 2.47. The minimum Gasteiger partial charge on any atom is -0.312 e. The van der Waals surface area contributed by atoms with E-state index in [9.17, 15) is 4.57 Å². The summed E-state index contributed by atoms with van der Waals surface area (Å²) >= 11 is 0. The number of hydrogen-bond donors (Lipinski definition) is 0. The zero-order valence-electron chi connectivity index (χ0n) is 6.74. The number of hydrogen-bond acceptors (Lipinski definition) is 4. The van der Waals surface area contributed by atoms with Crippen LogP contribution < -0.4 is 0 Å². The average molecular weight is 177 g/mol. The van der Waals surface area contributed by atoms with Crippen molar-refractivity contribution in [1.29, 1.82) is 5.26 Å². The lowest BCUT2D eigenvalue weighted by atomic mass is 10.6. The lowest BCUT2D eigenvalue weighted by molar-refractivity contribution is 0.245. The smallest absolute Gasteiger partial charge is 0.312 e. The molecule has 5 heteroatoms. The Morgan fingerprint density at radius 1 is 1.64 bits per heavy atom. The van der Waals surface area contributed by atoms with Crippen molar-refractivity contribution >= 4 is 7.60 Å². The second-order valence-electron chi connectivity index (χ2n) is 1.84. The van der Waals surface area contributed by atoms with Crippen molar-refractivity contribution in [1.82, 2.24) is 0 Å². The molecule has 0 aliphatic carbocycles. The Hall–Kier alpha value is -0.360. The summed E-state index contributed by atoms with van der Waals surface area (Å²) in [6, 6.07) is 1.88. The van der Waals surface area contributed by atoms with Gasteiger partial charge in [0.1, 0.15) is 0 Å². The van der Waals surface area contributed by atoms with E-state index in [4.69, 9.17) is 9.79 Å². The summed E-state index contributed by atoms with van der Waals surface area (Å²) in [5.74, 6) is 0. The molecule has 0 saturated carbocycles. The highest BCUT2D eigenvalue weighted by Gasteiger charge is 2.20. The van der Waals surface area contributed by atoms with Gasteiger partial charge in [0.2, 0.25) is 0 Å². The molecule has 64 valence electrons. The highest BCUT2D eigenvalue weighted by atomic mass is 31.2. The van der Waals surface area contributed by atoms with Gasteiger partial charge >= 0.3 is 7.60 Å². The molecule has 0 spiro atoms. The molecule has 0 N–H and O–H groups in total. The summed E-state index contributed by atoms with van der Waals surface area (Å²) in [5.41, 5.74) is 0. The molecule has 0 aromatic heterocycles. The Bertz CT molecular complexity index is 187. The first-order valence-electron chi connectivity index (χ1n) is 3.35. The van der Waals surface area contributed by atoms with Crippen LogP contribution in [0.4, 0.5) is 0 Å². The van der Waals surface area contributed by atoms with E-state index in [0.717, 1.165) is 0 Å². The summed E-state index contributed by atoms with van der Waals surface area (Å²) in [5, 5.41) is 8.21. The van der Waals surface area contributed by atoms with E-state index in [-0.39, 0.29) is 12.6 Å². The van der Waals surface area contributed by atoms with Crippen LogP contribution in [0.5, 0.6) is 0 Å². The summed E-state index contributed by atoms with van der Waals surface area (Å²) in [4.78, 5) is 0. The second kappa shape index (κ2) is 5.31. The van der Waals surface area contributed by atoms with E-state index in [1.165, 1.54) is 7.11 Å². The van der Waals surface area contributed by atoms with Crippen molar-refractivity contribution < 1.29 is 13.6 Å². The highest BCUT2D eigenvalue weighted by molar-refractivity contribution is 7.53. The standard InChI is InChI=1S/C6H12NO3P/c1-3-10-11(8,9-2)6-4-5-7/h3-4,6H2,1-2H3. The third-order valence-corrected chi connectivity index (χ3v) is 3.08. The third-order valence-electron chi connectivity index (χ3n) is 1.10. The number of rotatable bonds is 5. The van der Waals surface area contributed by atoms with Gasteiger partial charge in [-0.05, 0) is 6.92 Å². The van der Waals surface area contributed by atoms with Gasteiger partial charge in [0.25, 0.3) is 0 Å². The summed E-state index contributed by atoms with van der Waals surface area (Å²) in [6.45, 7) is 2.08. The van der Waals surface area contributed by atoms with Crippen LogP contribution in [0, 0.1) is 11.3 Å².